The Morgan fingerprint density at radius 3 is 2.20 bits per heavy atom. The van der Waals surface area contributed by atoms with Gasteiger partial charge in [-0.05, 0) is 38.3 Å². The van der Waals surface area contributed by atoms with Crippen LogP contribution < -0.4 is 0 Å². The lowest BCUT2D eigenvalue weighted by atomic mass is 9.74. The maximum atomic E-state index is 11.0. The number of rotatable bonds is 5. The van der Waals surface area contributed by atoms with Crippen molar-refractivity contribution < 1.29 is 19.7 Å². The highest BCUT2D eigenvalue weighted by atomic mass is 16.7. The molecule has 25 heavy (non-hydrogen) atoms. The number of hydrogen-bond donors (Lipinski definition) is 2. The molecule has 2 N–H and O–H groups in total. The molecule has 4 heteroatoms. The summed E-state index contributed by atoms with van der Waals surface area (Å²) in [7, 11) is 0. The van der Waals surface area contributed by atoms with E-state index in [1.54, 1.807) is 6.92 Å². The molecule has 1 aliphatic rings. The first-order chi connectivity index (χ1) is 11.7. The molecule has 0 aromatic heterocycles. The van der Waals surface area contributed by atoms with Crippen LogP contribution in [-0.4, -0.2) is 34.6 Å². The summed E-state index contributed by atoms with van der Waals surface area (Å²) in [4.78, 5) is 0. The van der Waals surface area contributed by atoms with Crippen molar-refractivity contribution in [1.29, 1.82) is 0 Å². The zero-order valence-electron chi connectivity index (χ0n) is 16.2. The van der Waals surface area contributed by atoms with Gasteiger partial charge in [0, 0.05) is 11.0 Å². The largest absolute Gasteiger partial charge is 0.389 e. The lowest BCUT2D eigenvalue weighted by molar-refractivity contribution is -0.312. The molecular weight excluding hydrogens is 316 g/mol. The van der Waals surface area contributed by atoms with Crippen LogP contribution in [0.25, 0.3) is 0 Å². The number of ether oxygens (including phenoxy) is 2. The summed E-state index contributed by atoms with van der Waals surface area (Å²) >= 11 is 0. The Morgan fingerprint density at radius 1 is 1.08 bits per heavy atom. The molecule has 1 unspecified atom stereocenters. The zero-order chi connectivity index (χ0) is 18.8. The first-order valence-electron chi connectivity index (χ1n) is 9.09. The van der Waals surface area contributed by atoms with Gasteiger partial charge in [-0.1, -0.05) is 51.1 Å². The van der Waals surface area contributed by atoms with Gasteiger partial charge in [-0.15, -0.1) is 0 Å². The molecule has 5 atom stereocenters. The van der Waals surface area contributed by atoms with E-state index >= 15 is 0 Å². The van der Waals surface area contributed by atoms with Gasteiger partial charge in [0.05, 0.1) is 18.3 Å². The molecule has 140 valence electrons. The van der Waals surface area contributed by atoms with E-state index in [0.717, 1.165) is 23.1 Å². The average Bonchev–Trinajstić information content (AvgIpc) is 2.60. The van der Waals surface area contributed by atoms with Crippen LogP contribution in [0.5, 0.6) is 0 Å². The van der Waals surface area contributed by atoms with Crippen LogP contribution in [-0.2, 0) is 9.47 Å². The minimum atomic E-state index is -0.797. The van der Waals surface area contributed by atoms with Crippen LogP contribution in [0, 0.1) is 5.41 Å². The fraction of sp³-hybridized carbons (Fsp3) is 0.619. The molecule has 1 aliphatic heterocycles. The molecule has 1 fully saturated rings. The maximum absolute atomic E-state index is 11.0. The molecule has 0 bridgehead atoms. The molecule has 4 nitrogen and oxygen atoms in total. The van der Waals surface area contributed by atoms with Gasteiger partial charge in [0.15, 0.2) is 6.29 Å². The van der Waals surface area contributed by atoms with E-state index in [-0.39, 0.29) is 11.5 Å². The molecule has 1 saturated heterocycles. The molecule has 0 aliphatic carbocycles. The predicted molar refractivity (Wildman–Crippen MR) is 99.1 cm³/mol. The minimum absolute atomic E-state index is 0.0363. The molecule has 1 heterocycles. The topological polar surface area (TPSA) is 58.9 Å². The fourth-order valence-corrected chi connectivity index (χ4v) is 3.51. The number of hydrogen-bond acceptors (Lipinski definition) is 4. The molecule has 1 aromatic rings. The summed E-state index contributed by atoms with van der Waals surface area (Å²) in [5.74, 6) is 0. The highest BCUT2D eigenvalue weighted by Crippen LogP contribution is 2.44. The van der Waals surface area contributed by atoms with Gasteiger partial charge in [0.2, 0.25) is 0 Å². The normalized spacial score (nSPS) is 29.7. The number of aliphatic hydroxyl groups excluding tert-OH is 2. The van der Waals surface area contributed by atoms with Crippen LogP contribution in [0.15, 0.2) is 41.5 Å². The number of aliphatic hydroxyl groups is 2. The predicted octanol–water partition coefficient (Wildman–Crippen LogP) is 3.98. The van der Waals surface area contributed by atoms with Crippen LogP contribution >= 0.6 is 0 Å². The van der Waals surface area contributed by atoms with E-state index in [1.165, 1.54) is 0 Å². The van der Waals surface area contributed by atoms with Crippen molar-refractivity contribution in [1.82, 2.24) is 0 Å². The van der Waals surface area contributed by atoms with Crippen molar-refractivity contribution in [3.05, 3.63) is 47.0 Å². The Hall–Kier alpha value is -1.20. The summed E-state index contributed by atoms with van der Waals surface area (Å²) < 4.78 is 12.5. The lowest BCUT2D eigenvalue weighted by Gasteiger charge is -2.49. The van der Waals surface area contributed by atoms with Gasteiger partial charge in [-0.2, -0.15) is 0 Å². The second kappa shape index (κ2) is 8.00. The molecule has 2 rings (SSSR count). The second-order valence-corrected chi connectivity index (χ2v) is 7.64. The molecule has 1 aromatic carbocycles. The number of benzene rings is 1. The van der Waals surface area contributed by atoms with E-state index < -0.39 is 24.6 Å². The van der Waals surface area contributed by atoms with Crippen molar-refractivity contribution in [2.24, 2.45) is 5.41 Å². The van der Waals surface area contributed by atoms with Crippen molar-refractivity contribution in [2.75, 3.05) is 0 Å². The monoisotopic (exact) mass is 348 g/mol. The standard InChI is InChI=1S/C21H32O4/c1-7-17-21(5,6)19(18(23)14(3)13(2)15(4)22)25-20(24-17)16-11-9-8-10-12-16/h8-12,15,17-20,22-23H,7H2,1-6H3/b14-13+/t15-,17-,18-,19-,20?/m0/s1. The van der Waals surface area contributed by atoms with Gasteiger partial charge >= 0.3 is 0 Å². The van der Waals surface area contributed by atoms with E-state index in [2.05, 4.69) is 20.8 Å². The third-order valence-corrected chi connectivity index (χ3v) is 5.54. The Labute approximate surface area is 151 Å². The third-order valence-electron chi connectivity index (χ3n) is 5.54. The first-order valence-corrected chi connectivity index (χ1v) is 9.09. The maximum Gasteiger partial charge on any atom is 0.184 e. The van der Waals surface area contributed by atoms with Crippen LogP contribution in [0.2, 0.25) is 0 Å². The summed E-state index contributed by atoms with van der Waals surface area (Å²) in [5, 5.41) is 20.9. The van der Waals surface area contributed by atoms with Crippen molar-refractivity contribution >= 4 is 0 Å². The molecular formula is C21H32O4. The van der Waals surface area contributed by atoms with E-state index in [4.69, 9.17) is 9.47 Å². The van der Waals surface area contributed by atoms with Gasteiger partial charge in [-0.3, -0.25) is 0 Å². The highest BCUT2D eigenvalue weighted by Gasteiger charge is 2.48. The van der Waals surface area contributed by atoms with Crippen molar-refractivity contribution in [3.8, 4) is 0 Å². The quantitative estimate of drug-likeness (QED) is 0.790. The Morgan fingerprint density at radius 2 is 1.68 bits per heavy atom. The lowest BCUT2D eigenvalue weighted by Crippen LogP contribution is -2.54. The molecule has 0 saturated carbocycles. The fourth-order valence-electron chi connectivity index (χ4n) is 3.51. The van der Waals surface area contributed by atoms with Crippen LogP contribution in [0.4, 0.5) is 0 Å². The van der Waals surface area contributed by atoms with Crippen LogP contribution in [0.1, 0.15) is 59.8 Å². The van der Waals surface area contributed by atoms with Gasteiger partial charge in [0.25, 0.3) is 0 Å². The minimum Gasteiger partial charge on any atom is -0.389 e. The van der Waals surface area contributed by atoms with Gasteiger partial charge in [0.1, 0.15) is 6.10 Å². The highest BCUT2D eigenvalue weighted by molar-refractivity contribution is 5.21. The van der Waals surface area contributed by atoms with E-state index in [9.17, 15) is 10.2 Å². The Bertz CT molecular complexity index is 591. The first kappa shape index (κ1) is 20.1. The average molecular weight is 348 g/mol. The summed E-state index contributed by atoms with van der Waals surface area (Å²) in [6.45, 7) is 11.7. The SMILES string of the molecule is CC[C@@H]1OC(c2ccccc2)O[C@@H]([C@@H](O)/C(C)=C(\C)[C@H](C)O)C1(C)C. The Kier molecular flexibility index (Phi) is 6.44. The second-order valence-electron chi connectivity index (χ2n) is 7.64. The van der Waals surface area contributed by atoms with E-state index in [1.807, 2.05) is 44.2 Å². The Balaban J connectivity index is 2.37. The van der Waals surface area contributed by atoms with Crippen molar-refractivity contribution in [2.45, 2.75) is 78.7 Å². The summed E-state index contributed by atoms with van der Waals surface area (Å²) in [6.07, 6.45) is -1.52. The van der Waals surface area contributed by atoms with Crippen LogP contribution in [0.3, 0.4) is 0 Å². The third kappa shape index (κ3) is 4.14. The molecule has 0 spiro atoms. The summed E-state index contributed by atoms with van der Waals surface area (Å²) in [6, 6.07) is 9.82. The van der Waals surface area contributed by atoms with Gasteiger partial charge < -0.3 is 19.7 Å². The van der Waals surface area contributed by atoms with Gasteiger partial charge in [-0.25, -0.2) is 0 Å². The van der Waals surface area contributed by atoms with Crippen molar-refractivity contribution in [3.63, 3.8) is 0 Å². The smallest absolute Gasteiger partial charge is 0.184 e. The summed E-state index contributed by atoms with van der Waals surface area (Å²) in [5.41, 5.74) is 2.13. The zero-order valence-corrected chi connectivity index (χ0v) is 16.2. The van der Waals surface area contributed by atoms with E-state index in [0.29, 0.717) is 0 Å². The molecule has 0 radical (unpaired) electrons. The molecule has 0 amide bonds.